The molecule has 0 spiro atoms. The zero-order valence-corrected chi connectivity index (χ0v) is 19.6. The summed E-state index contributed by atoms with van der Waals surface area (Å²) in [5, 5.41) is 11.3. The van der Waals surface area contributed by atoms with Gasteiger partial charge in [0.15, 0.2) is 11.5 Å². The van der Waals surface area contributed by atoms with E-state index in [1.54, 1.807) is 42.7 Å². The maximum atomic E-state index is 13.3. The first-order valence-electron chi connectivity index (χ1n) is 11.6. The fourth-order valence-electron chi connectivity index (χ4n) is 4.48. The molecule has 2 aromatic carbocycles. The van der Waals surface area contributed by atoms with Gasteiger partial charge in [-0.1, -0.05) is 38.1 Å². The largest absolute Gasteiger partial charge is 0.507 e. The van der Waals surface area contributed by atoms with Crippen molar-refractivity contribution in [2.24, 2.45) is 0 Å². The number of ether oxygens (including phenoxy) is 2. The van der Waals surface area contributed by atoms with Crippen LogP contribution in [0.4, 0.5) is 0 Å². The molecule has 7 heteroatoms. The number of likely N-dealkylation sites (tertiary alicyclic amines) is 1. The summed E-state index contributed by atoms with van der Waals surface area (Å²) in [5.41, 5.74) is 3.18. The molecule has 1 fully saturated rings. The number of carbonyl (C=O) groups is 2. The van der Waals surface area contributed by atoms with Gasteiger partial charge in [0.2, 0.25) is 0 Å². The normalized spacial score (nSPS) is 18.8. The van der Waals surface area contributed by atoms with Gasteiger partial charge in [-0.3, -0.25) is 14.6 Å². The Kier molecular flexibility index (Phi) is 5.99. The standard InChI is InChI=1S/C28H26N2O5/c1-17(2)19-3-5-20(6-4-19)25-24(26(31)21-7-8-22-23(15-21)35-14-13-34-22)27(32)28(33)30(25)16-18-9-11-29-12-10-18/h3-12,15,17,25,31H,13-14,16H2,1-2H3/t25-/m1/s1. The molecule has 35 heavy (non-hydrogen) atoms. The van der Waals surface area contributed by atoms with Gasteiger partial charge in [-0.2, -0.15) is 0 Å². The Hall–Kier alpha value is -4.13. The summed E-state index contributed by atoms with van der Waals surface area (Å²) in [5.74, 6) is -0.209. The van der Waals surface area contributed by atoms with Gasteiger partial charge in [0.05, 0.1) is 11.6 Å². The molecule has 3 heterocycles. The van der Waals surface area contributed by atoms with E-state index in [1.807, 2.05) is 24.3 Å². The van der Waals surface area contributed by atoms with Crippen LogP contribution >= 0.6 is 0 Å². The summed E-state index contributed by atoms with van der Waals surface area (Å²) in [4.78, 5) is 32.0. The average Bonchev–Trinajstić information content (AvgIpc) is 3.13. The van der Waals surface area contributed by atoms with Gasteiger partial charge in [-0.05, 0) is 52.9 Å². The van der Waals surface area contributed by atoms with E-state index >= 15 is 0 Å². The summed E-state index contributed by atoms with van der Waals surface area (Å²) in [6.07, 6.45) is 3.29. The van der Waals surface area contributed by atoms with Crippen molar-refractivity contribution in [2.45, 2.75) is 32.4 Å². The van der Waals surface area contributed by atoms with Crippen molar-refractivity contribution in [3.05, 3.63) is 94.8 Å². The number of ketones is 1. The van der Waals surface area contributed by atoms with Crippen LogP contribution in [-0.2, 0) is 16.1 Å². The minimum atomic E-state index is -0.738. The monoisotopic (exact) mass is 470 g/mol. The van der Waals surface area contributed by atoms with Gasteiger partial charge in [-0.15, -0.1) is 0 Å². The molecule has 178 valence electrons. The van der Waals surface area contributed by atoms with Crippen molar-refractivity contribution in [1.82, 2.24) is 9.88 Å². The highest BCUT2D eigenvalue weighted by molar-refractivity contribution is 6.46. The lowest BCUT2D eigenvalue weighted by Crippen LogP contribution is -2.29. The van der Waals surface area contributed by atoms with Crippen LogP contribution < -0.4 is 9.47 Å². The molecule has 1 aromatic heterocycles. The summed E-state index contributed by atoms with van der Waals surface area (Å²) < 4.78 is 11.2. The van der Waals surface area contributed by atoms with Gasteiger partial charge in [-0.25, -0.2) is 0 Å². The molecular formula is C28H26N2O5. The molecule has 1 N–H and O–H groups in total. The van der Waals surface area contributed by atoms with E-state index in [2.05, 4.69) is 18.8 Å². The molecule has 2 aliphatic heterocycles. The molecule has 0 aliphatic carbocycles. The third kappa shape index (κ3) is 4.25. The Balaban J connectivity index is 1.62. The molecule has 0 saturated carbocycles. The van der Waals surface area contributed by atoms with Crippen molar-refractivity contribution in [2.75, 3.05) is 13.2 Å². The Bertz CT molecular complexity index is 1300. The van der Waals surface area contributed by atoms with Crippen LogP contribution in [0, 0.1) is 0 Å². The van der Waals surface area contributed by atoms with Crippen molar-refractivity contribution in [3.63, 3.8) is 0 Å². The molecule has 3 aromatic rings. The Morgan fingerprint density at radius 2 is 1.69 bits per heavy atom. The Morgan fingerprint density at radius 3 is 2.37 bits per heavy atom. The molecule has 2 aliphatic rings. The van der Waals surface area contributed by atoms with Gasteiger partial charge < -0.3 is 19.5 Å². The van der Waals surface area contributed by atoms with Gasteiger partial charge in [0.25, 0.3) is 11.7 Å². The highest BCUT2D eigenvalue weighted by atomic mass is 16.6. The molecule has 0 bridgehead atoms. The molecular weight excluding hydrogens is 444 g/mol. The number of amides is 1. The number of aliphatic hydroxyl groups excluding tert-OH is 1. The fourth-order valence-corrected chi connectivity index (χ4v) is 4.48. The van der Waals surface area contributed by atoms with Crippen molar-refractivity contribution < 1.29 is 24.2 Å². The van der Waals surface area contributed by atoms with E-state index in [4.69, 9.17) is 9.47 Å². The van der Waals surface area contributed by atoms with E-state index in [0.717, 1.165) is 16.7 Å². The number of pyridine rings is 1. The van der Waals surface area contributed by atoms with E-state index in [1.165, 1.54) is 4.90 Å². The summed E-state index contributed by atoms with van der Waals surface area (Å²) in [6.45, 7) is 5.26. The number of Topliss-reactive ketones (excluding diaryl/α,β-unsaturated/α-hetero) is 1. The average molecular weight is 471 g/mol. The molecule has 0 radical (unpaired) electrons. The van der Waals surface area contributed by atoms with Crippen molar-refractivity contribution in [3.8, 4) is 11.5 Å². The number of fused-ring (bicyclic) bond motifs is 1. The first-order chi connectivity index (χ1) is 16.9. The second-order valence-electron chi connectivity index (χ2n) is 8.96. The molecule has 5 rings (SSSR count). The third-order valence-corrected chi connectivity index (χ3v) is 6.38. The van der Waals surface area contributed by atoms with Crippen LogP contribution in [0.15, 0.2) is 72.6 Å². The fraction of sp³-hybridized carbons (Fsp3) is 0.250. The number of aromatic nitrogens is 1. The molecule has 1 saturated heterocycles. The number of hydrogen-bond acceptors (Lipinski definition) is 6. The first kappa shape index (κ1) is 22.7. The first-order valence-corrected chi connectivity index (χ1v) is 11.6. The van der Waals surface area contributed by atoms with Crippen LogP contribution in [0.3, 0.4) is 0 Å². The lowest BCUT2D eigenvalue weighted by molar-refractivity contribution is -0.140. The number of aliphatic hydroxyl groups is 1. The van der Waals surface area contributed by atoms with Crippen LogP contribution in [0.25, 0.3) is 5.76 Å². The van der Waals surface area contributed by atoms with Crippen molar-refractivity contribution in [1.29, 1.82) is 0 Å². The molecule has 0 unspecified atom stereocenters. The van der Waals surface area contributed by atoms with Gasteiger partial charge in [0.1, 0.15) is 19.0 Å². The minimum absolute atomic E-state index is 0.0537. The van der Waals surface area contributed by atoms with Crippen LogP contribution in [0.1, 0.15) is 48.1 Å². The highest BCUT2D eigenvalue weighted by Gasteiger charge is 2.46. The maximum absolute atomic E-state index is 13.3. The van der Waals surface area contributed by atoms with E-state index in [9.17, 15) is 14.7 Å². The van der Waals surface area contributed by atoms with Gasteiger partial charge >= 0.3 is 0 Å². The molecule has 1 atom stereocenters. The number of benzene rings is 2. The minimum Gasteiger partial charge on any atom is -0.507 e. The van der Waals surface area contributed by atoms with E-state index in [-0.39, 0.29) is 17.9 Å². The quantitative estimate of drug-likeness (QED) is 0.333. The second-order valence-corrected chi connectivity index (χ2v) is 8.96. The Labute approximate surface area is 203 Å². The second kappa shape index (κ2) is 9.25. The third-order valence-electron chi connectivity index (χ3n) is 6.38. The topological polar surface area (TPSA) is 89.0 Å². The van der Waals surface area contributed by atoms with Crippen molar-refractivity contribution >= 4 is 17.4 Å². The smallest absolute Gasteiger partial charge is 0.295 e. The summed E-state index contributed by atoms with van der Waals surface area (Å²) >= 11 is 0. The lowest BCUT2D eigenvalue weighted by Gasteiger charge is -2.26. The predicted octanol–water partition coefficient (Wildman–Crippen LogP) is 4.60. The van der Waals surface area contributed by atoms with E-state index in [0.29, 0.717) is 36.2 Å². The SMILES string of the molecule is CC(C)c1ccc([C@@H]2C(=C(O)c3ccc4c(c3)OCCO4)C(=O)C(=O)N2Cc2ccncc2)cc1. The zero-order valence-electron chi connectivity index (χ0n) is 19.6. The molecule has 1 amide bonds. The Morgan fingerprint density at radius 1 is 1.00 bits per heavy atom. The summed E-state index contributed by atoms with van der Waals surface area (Å²) in [6, 6.07) is 15.7. The number of hydrogen-bond donors (Lipinski definition) is 1. The molecule has 7 nitrogen and oxygen atoms in total. The number of carbonyl (C=O) groups excluding carboxylic acids is 2. The van der Waals surface area contributed by atoms with Crippen LogP contribution in [0.2, 0.25) is 0 Å². The highest BCUT2D eigenvalue weighted by Crippen LogP contribution is 2.42. The summed E-state index contributed by atoms with van der Waals surface area (Å²) in [7, 11) is 0. The van der Waals surface area contributed by atoms with E-state index < -0.39 is 17.7 Å². The van der Waals surface area contributed by atoms with Gasteiger partial charge in [0, 0.05) is 24.5 Å². The van der Waals surface area contributed by atoms with Crippen LogP contribution in [-0.4, -0.2) is 39.9 Å². The number of rotatable bonds is 5. The lowest BCUT2D eigenvalue weighted by atomic mass is 9.93. The zero-order chi connectivity index (χ0) is 24.5. The predicted molar refractivity (Wildman–Crippen MR) is 130 cm³/mol. The van der Waals surface area contributed by atoms with Crippen LogP contribution in [0.5, 0.6) is 11.5 Å². The number of nitrogens with zero attached hydrogens (tertiary/aromatic N) is 2. The maximum Gasteiger partial charge on any atom is 0.295 e.